The molecule has 1 fully saturated rings. The lowest BCUT2D eigenvalue weighted by molar-refractivity contribution is -0.150. The third-order valence-electron chi connectivity index (χ3n) is 7.56. The molecule has 0 aliphatic carbocycles. The summed E-state index contributed by atoms with van der Waals surface area (Å²) in [5.41, 5.74) is 4.08. The lowest BCUT2D eigenvalue weighted by Gasteiger charge is -2.51. The maximum atomic E-state index is 6.83. The number of benzene rings is 3. The molecule has 1 spiro atoms. The zero-order valence-electron chi connectivity index (χ0n) is 20.6. The summed E-state index contributed by atoms with van der Waals surface area (Å²) in [5.74, 6) is 2.51. The molecule has 3 heterocycles. The van der Waals surface area contributed by atoms with Crippen LogP contribution in [0.3, 0.4) is 0 Å². The Kier molecular flexibility index (Phi) is 6.13. The average Bonchev–Trinajstić information content (AvgIpc) is 3.37. The summed E-state index contributed by atoms with van der Waals surface area (Å²) in [6, 6.07) is 23.1. The molecule has 3 aliphatic rings. The Labute approximate surface area is 220 Å². The van der Waals surface area contributed by atoms with Crippen LogP contribution in [0.15, 0.2) is 76.3 Å². The Balaban J connectivity index is 1.33. The normalized spacial score (nSPS) is 20.4. The molecule has 1 saturated heterocycles. The van der Waals surface area contributed by atoms with Crippen LogP contribution in [-0.2, 0) is 6.54 Å². The van der Waals surface area contributed by atoms with Crippen molar-refractivity contribution in [2.45, 2.75) is 37.6 Å². The highest BCUT2D eigenvalue weighted by atomic mass is 79.9. The van der Waals surface area contributed by atoms with Crippen LogP contribution < -0.4 is 14.2 Å². The average molecular weight is 548 g/mol. The lowest BCUT2D eigenvalue weighted by Crippen LogP contribution is -2.59. The van der Waals surface area contributed by atoms with Crippen molar-refractivity contribution in [3.05, 3.63) is 87.9 Å². The third kappa shape index (κ3) is 4.14. The highest BCUT2D eigenvalue weighted by Crippen LogP contribution is 2.51. The van der Waals surface area contributed by atoms with Crippen LogP contribution in [0.25, 0.3) is 0 Å². The van der Waals surface area contributed by atoms with Gasteiger partial charge in [-0.05, 0) is 35.9 Å². The number of hydrogen-bond acceptors (Lipinski definition) is 6. The summed E-state index contributed by atoms with van der Waals surface area (Å²) >= 11 is 3.66. The van der Waals surface area contributed by atoms with Crippen LogP contribution in [0.5, 0.6) is 17.2 Å². The minimum absolute atomic E-state index is 0.119. The highest BCUT2D eigenvalue weighted by Gasteiger charge is 2.52. The molecule has 0 saturated carbocycles. The van der Waals surface area contributed by atoms with Gasteiger partial charge in [-0.1, -0.05) is 46.3 Å². The molecule has 0 amide bonds. The molecule has 6 rings (SSSR count). The van der Waals surface area contributed by atoms with Gasteiger partial charge in [0, 0.05) is 60.6 Å². The first-order valence-electron chi connectivity index (χ1n) is 12.4. The number of hydrazone groups is 1. The van der Waals surface area contributed by atoms with Gasteiger partial charge in [0.1, 0.15) is 17.2 Å². The van der Waals surface area contributed by atoms with Crippen molar-refractivity contribution < 1.29 is 14.2 Å². The molecule has 1 atom stereocenters. The summed E-state index contributed by atoms with van der Waals surface area (Å²) in [5, 5.41) is 7.48. The molecule has 0 bridgehead atoms. The number of ether oxygens (including phenoxy) is 3. The van der Waals surface area contributed by atoms with E-state index in [1.54, 1.807) is 14.2 Å². The first-order chi connectivity index (χ1) is 17.6. The fourth-order valence-electron chi connectivity index (χ4n) is 5.69. The van der Waals surface area contributed by atoms with Crippen LogP contribution >= 0.6 is 15.9 Å². The van der Waals surface area contributed by atoms with Gasteiger partial charge in [0.15, 0.2) is 0 Å². The van der Waals surface area contributed by atoms with E-state index in [-0.39, 0.29) is 6.04 Å². The van der Waals surface area contributed by atoms with Crippen molar-refractivity contribution >= 4 is 21.6 Å². The summed E-state index contributed by atoms with van der Waals surface area (Å²) in [7, 11) is 3.36. The van der Waals surface area contributed by atoms with Crippen molar-refractivity contribution in [1.82, 2.24) is 9.91 Å². The SMILES string of the molecule is COc1ccc(C2=NN3C(C2)c2cc(Br)ccc2OC32CCN(Cc3ccccc3)CC2)c(OC)c1. The Morgan fingerprint density at radius 2 is 1.81 bits per heavy atom. The van der Waals surface area contributed by atoms with Gasteiger partial charge in [-0.3, -0.25) is 4.90 Å². The first-order valence-corrected chi connectivity index (χ1v) is 13.2. The second-order valence-corrected chi connectivity index (χ2v) is 10.6. The molecule has 6 nitrogen and oxygen atoms in total. The summed E-state index contributed by atoms with van der Waals surface area (Å²) in [6.45, 7) is 2.88. The van der Waals surface area contributed by atoms with Crippen molar-refractivity contribution in [2.75, 3.05) is 27.3 Å². The first kappa shape index (κ1) is 23.4. The second-order valence-electron chi connectivity index (χ2n) is 9.67. The van der Waals surface area contributed by atoms with Gasteiger partial charge in [0.05, 0.1) is 26.0 Å². The van der Waals surface area contributed by atoms with E-state index in [0.29, 0.717) is 0 Å². The second kappa shape index (κ2) is 9.45. The molecule has 0 radical (unpaired) electrons. The number of methoxy groups -OCH3 is 2. The zero-order valence-corrected chi connectivity index (χ0v) is 22.2. The van der Waals surface area contributed by atoms with Crippen LogP contribution in [0.2, 0.25) is 0 Å². The Bertz CT molecular complexity index is 1290. The number of nitrogens with zero attached hydrogens (tertiary/aromatic N) is 3. The Morgan fingerprint density at radius 1 is 1.00 bits per heavy atom. The van der Waals surface area contributed by atoms with Gasteiger partial charge in [-0.15, -0.1) is 0 Å². The van der Waals surface area contributed by atoms with Crippen LogP contribution in [-0.4, -0.2) is 48.7 Å². The Morgan fingerprint density at radius 3 is 2.56 bits per heavy atom. The van der Waals surface area contributed by atoms with Gasteiger partial charge in [-0.2, -0.15) is 5.10 Å². The van der Waals surface area contributed by atoms with Gasteiger partial charge in [0.25, 0.3) is 0 Å². The number of piperidine rings is 1. The summed E-state index contributed by atoms with van der Waals surface area (Å²) < 4.78 is 19.0. The molecule has 7 heteroatoms. The molecule has 1 unspecified atom stereocenters. The van der Waals surface area contributed by atoms with Gasteiger partial charge >= 0.3 is 0 Å². The molecule has 3 aromatic rings. The van der Waals surface area contributed by atoms with Crippen molar-refractivity contribution in [3.63, 3.8) is 0 Å². The van der Waals surface area contributed by atoms with E-state index in [0.717, 1.165) is 71.9 Å². The van der Waals surface area contributed by atoms with E-state index in [2.05, 4.69) is 74.4 Å². The maximum absolute atomic E-state index is 6.83. The molecule has 36 heavy (non-hydrogen) atoms. The standard InChI is InChI=1S/C29H30BrN3O3/c1-34-22-9-10-23(28(17-22)35-2)25-18-26-24-16-21(30)8-11-27(24)36-29(33(26)31-25)12-14-32(15-13-29)19-20-6-4-3-5-7-20/h3-11,16-17,26H,12-15,18-19H2,1-2H3. The van der Waals surface area contributed by atoms with Crippen molar-refractivity contribution in [2.24, 2.45) is 5.10 Å². The van der Waals surface area contributed by atoms with E-state index in [1.165, 1.54) is 11.1 Å². The van der Waals surface area contributed by atoms with E-state index in [4.69, 9.17) is 19.3 Å². The minimum atomic E-state index is -0.458. The van der Waals surface area contributed by atoms with Crippen LogP contribution in [0.4, 0.5) is 0 Å². The lowest BCUT2D eigenvalue weighted by atomic mass is 9.90. The number of halogens is 1. The number of fused-ring (bicyclic) bond motifs is 4. The molecule has 186 valence electrons. The van der Waals surface area contributed by atoms with Gasteiger partial charge < -0.3 is 14.2 Å². The fraction of sp³-hybridized carbons (Fsp3) is 0.345. The molecule has 3 aliphatic heterocycles. The minimum Gasteiger partial charge on any atom is -0.497 e. The molecular formula is C29H30BrN3O3. The predicted octanol–water partition coefficient (Wildman–Crippen LogP) is 6.00. The van der Waals surface area contributed by atoms with E-state index in [1.807, 2.05) is 18.2 Å². The smallest absolute Gasteiger partial charge is 0.200 e. The van der Waals surface area contributed by atoms with E-state index in [9.17, 15) is 0 Å². The number of likely N-dealkylation sites (tertiary alicyclic amines) is 1. The van der Waals surface area contributed by atoms with Gasteiger partial charge in [-0.25, -0.2) is 5.01 Å². The van der Waals surface area contributed by atoms with E-state index < -0.39 is 5.72 Å². The highest BCUT2D eigenvalue weighted by molar-refractivity contribution is 9.10. The largest absolute Gasteiger partial charge is 0.497 e. The molecule has 3 aromatic carbocycles. The van der Waals surface area contributed by atoms with Gasteiger partial charge in [0.2, 0.25) is 5.72 Å². The number of hydrogen-bond donors (Lipinski definition) is 0. The topological polar surface area (TPSA) is 46.5 Å². The molecule has 0 N–H and O–H groups in total. The quantitative estimate of drug-likeness (QED) is 0.392. The van der Waals surface area contributed by atoms with E-state index >= 15 is 0 Å². The number of rotatable bonds is 5. The van der Waals surface area contributed by atoms with Crippen LogP contribution in [0, 0.1) is 0 Å². The fourth-order valence-corrected chi connectivity index (χ4v) is 6.06. The molecule has 0 aromatic heterocycles. The molecular weight excluding hydrogens is 518 g/mol. The van der Waals surface area contributed by atoms with Crippen molar-refractivity contribution in [1.29, 1.82) is 0 Å². The van der Waals surface area contributed by atoms with Crippen LogP contribution in [0.1, 0.15) is 42.0 Å². The zero-order chi connectivity index (χ0) is 24.7. The van der Waals surface area contributed by atoms with Crippen molar-refractivity contribution in [3.8, 4) is 17.2 Å². The predicted molar refractivity (Wildman–Crippen MR) is 144 cm³/mol. The summed E-state index contributed by atoms with van der Waals surface area (Å²) in [4.78, 5) is 2.52. The Hall–Kier alpha value is -3.03. The summed E-state index contributed by atoms with van der Waals surface area (Å²) in [6.07, 6.45) is 2.58. The third-order valence-corrected chi connectivity index (χ3v) is 8.06. The maximum Gasteiger partial charge on any atom is 0.200 e. The monoisotopic (exact) mass is 547 g/mol.